The number of carbonyl (C=O) groups excluding carboxylic acids is 1. The third kappa shape index (κ3) is 2.58. The predicted molar refractivity (Wildman–Crippen MR) is 44.7 cm³/mol. The molecule has 0 aromatic carbocycles. The summed E-state index contributed by atoms with van der Waals surface area (Å²) in [5.74, 6) is -4.68. The summed E-state index contributed by atoms with van der Waals surface area (Å²) in [5, 5.41) is 2.67. The van der Waals surface area contributed by atoms with Gasteiger partial charge >= 0.3 is 12.3 Å². The Balaban J connectivity index is 2.57. The molecule has 1 heterocycles. The molecular weight excluding hydrogens is 216 g/mol. The smallest absolute Gasteiger partial charge is 0.322 e. The summed E-state index contributed by atoms with van der Waals surface area (Å²) in [5.41, 5.74) is 0. The quantitative estimate of drug-likeness (QED) is 0.729. The molecule has 0 saturated carbocycles. The van der Waals surface area contributed by atoms with Gasteiger partial charge in [-0.15, -0.1) is 0 Å². The highest BCUT2D eigenvalue weighted by molar-refractivity contribution is 5.83. The highest BCUT2D eigenvalue weighted by Gasteiger charge is 2.45. The van der Waals surface area contributed by atoms with Crippen molar-refractivity contribution in [2.24, 2.45) is 0 Å². The van der Waals surface area contributed by atoms with Gasteiger partial charge in [0.2, 0.25) is 5.91 Å². The summed E-state index contributed by atoms with van der Waals surface area (Å²) < 4.78 is 49.0. The Morgan fingerprint density at radius 1 is 1.60 bits per heavy atom. The van der Waals surface area contributed by atoms with Gasteiger partial charge in [-0.1, -0.05) is 6.92 Å². The second-order valence-electron chi connectivity index (χ2n) is 3.42. The van der Waals surface area contributed by atoms with Gasteiger partial charge < -0.3 is 4.90 Å². The molecule has 3 nitrogen and oxygen atoms in total. The molecular formula is C8H12F4N2O. The molecule has 0 spiro atoms. The van der Waals surface area contributed by atoms with Crippen LogP contribution in [0.25, 0.3) is 0 Å². The summed E-state index contributed by atoms with van der Waals surface area (Å²) in [7, 11) is 0. The zero-order valence-electron chi connectivity index (χ0n) is 8.14. The molecule has 1 unspecified atom stereocenters. The third-order valence-electron chi connectivity index (χ3n) is 2.27. The summed E-state index contributed by atoms with van der Waals surface area (Å²) in [6.07, 6.45) is -3.29. The number of halogens is 4. The minimum absolute atomic E-state index is 0.0976. The van der Waals surface area contributed by atoms with Gasteiger partial charge in [0.15, 0.2) is 0 Å². The highest BCUT2D eigenvalue weighted by atomic mass is 19.3. The lowest BCUT2D eigenvalue weighted by molar-refractivity contribution is -0.153. The molecule has 7 heteroatoms. The molecule has 1 fully saturated rings. The zero-order valence-corrected chi connectivity index (χ0v) is 8.14. The second kappa shape index (κ2) is 4.34. The Hall–Kier alpha value is -0.850. The van der Waals surface area contributed by atoms with Gasteiger partial charge in [-0.2, -0.15) is 8.78 Å². The minimum Gasteiger partial charge on any atom is -0.322 e. The lowest BCUT2D eigenvalue weighted by Gasteiger charge is -2.22. The standard InChI is InChI=1S/C8H12F4N2O/c1-2-5-6(15)14(4-13-5)3-8(11,12)7(9)10/h5,7,13H,2-4H2,1H3. The molecule has 1 aliphatic heterocycles. The fourth-order valence-corrected chi connectivity index (χ4v) is 1.38. The normalized spacial score (nSPS) is 22.9. The van der Waals surface area contributed by atoms with Crippen molar-refractivity contribution in [2.45, 2.75) is 31.7 Å². The van der Waals surface area contributed by atoms with Crippen molar-refractivity contribution in [1.29, 1.82) is 0 Å². The first-order valence-electron chi connectivity index (χ1n) is 4.56. The average molecular weight is 228 g/mol. The number of nitrogens with zero attached hydrogens (tertiary/aromatic N) is 1. The van der Waals surface area contributed by atoms with Gasteiger partial charge in [0, 0.05) is 0 Å². The van der Waals surface area contributed by atoms with Gasteiger partial charge in [0.05, 0.1) is 19.3 Å². The van der Waals surface area contributed by atoms with Gasteiger partial charge in [-0.25, -0.2) is 8.78 Å². The van der Waals surface area contributed by atoms with Crippen molar-refractivity contribution in [3.05, 3.63) is 0 Å². The van der Waals surface area contributed by atoms with E-state index in [1.54, 1.807) is 6.92 Å². The Kier molecular flexibility index (Phi) is 3.54. The molecule has 0 aliphatic carbocycles. The van der Waals surface area contributed by atoms with Crippen molar-refractivity contribution in [3.8, 4) is 0 Å². The predicted octanol–water partition coefficient (Wildman–Crippen LogP) is 1.05. The van der Waals surface area contributed by atoms with Crippen molar-refractivity contribution >= 4 is 5.91 Å². The van der Waals surface area contributed by atoms with E-state index in [2.05, 4.69) is 5.32 Å². The molecule has 1 atom stereocenters. The fraction of sp³-hybridized carbons (Fsp3) is 0.875. The van der Waals surface area contributed by atoms with E-state index in [4.69, 9.17) is 0 Å². The number of rotatable bonds is 4. The molecule has 0 radical (unpaired) electrons. The lowest BCUT2D eigenvalue weighted by atomic mass is 10.2. The maximum Gasteiger partial charge on any atom is 0.324 e. The van der Waals surface area contributed by atoms with Crippen LogP contribution < -0.4 is 5.32 Å². The third-order valence-corrected chi connectivity index (χ3v) is 2.27. The summed E-state index contributed by atoms with van der Waals surface area (Å²) >= 11 is 0. The number of carbonyl (C=O) groups is 1. The minimum atomic E-state index is -4.14. The van der Waals surface area contributed by atoms with E-state index in [-0.39, 0.29) is 6.67 Å². The van der Waals surface area contributed by atoms with E-state index in [0.29, 0.717) is 6.42 Å². The van der Waals surface area contributed by atoms with E-state index in [1.165, 1.54) is 0 Å². The van der Waals surface area contributed by atoms with Crippen LogP contribution in [0.3, 0.4) is 0 Å². The molecule has 1 rings (SSSR count). The Labute approximate surface area is 84.4 Å². The van der Waals surface area contributed by atoms with E-state index in [9.17, 15) is 22.4 Å². The zero-order chi connectivity index (χ0) is 11.6. The Morgan fingerprint density at radius 3 is 2.60 bits per heavy atom. The number of hydrogen-bond acceptors (Lipinski definition) is 2. The van der Waals surface area contributed by atoms with Crippen LogP contribution in [0.5, 0.6) is 0 Å². The van der Waals surface area contributed by atoms with Crippen LogP contribution in [0, 0.1) is 0 Å². The van der Waals surface area contributed by atoms with Crippen molar-refractivity contribution in [1.82, 2.24) is 10.2 Å². The van der Waals surface area contributed by atoms with Gasteiger partial charge in [0.1, 0.15) is 0 Å². The van der Waals surface area contributed by atoms with Crippen LogP contribution in [0.4, 0.5) is 17.6 Å². The summed E-state index contributed by atoms with van der Waals surface area (Å²) in [6.45, 7) is 0.386. The first kappa shape index (κ1) is 12.2. The number of alkyl halides is 4. The van der Waals surface area contributed by atoms with Crippen molar-refractivity contribution in [3.63, 3.8) is 0 Å². The molecule has 0 bridgehead atoms. The van der Waals surface area contributed by atoms with Gasteiger partial charge in [-0.3, -0.25) is 10.1 Å². The molecule has 1 N–H and O–H groups in total. The maximum absolute atomic E-state index is 12.6. The van der Waals surface area contributed by atoms with Crippen LogP contribution in [0.2, 0.25) is 0 Å². The van der Waals surface area contributed by atoms with E-state index in [1.807, 2.05) is 0 Å². The van der Waals surface area contributed by atoms with Gasteiger partial charge in [0.25, 0.3) is 0 Å². The topological polar surface area (TPSA) is 32.3 Å². The summed E-state index contributed by atoms with van der Waals surface area (Å²) in [4.78, 5) is 12.0. The first-order valence-corrected chi connectivity index (χ1v) is 4.56. The largest absolute Gasteiger partial charge is 0.324 e. The van der Waals surface area contributed by atoms with Crippen LogP contribution >= 0.6 is 0 Å². The van der Waals surface area contributed by atoms with Crippen LogP contribution in [0.1, 0.15) is 13.3 Å². The molecule has 0 aromatic heterocycles. The Bertz CT molecular complexity index is 247. The van der Waals surface area contributed by atoms with Crippen molar-refractivity contribution in [2.75, 3.05) is 13.2 Å². The summed E-state index contributed by atoms with van der Waals surface area (Å²) in [6, 6.07) is -0.529. The SMILES string of the molecule is CCC1NCN(CC(F)(F)C(F)F)C1=O. The number of amides is 1. The number of hydrogen-bond donors (Lipinski definition) is 1. The maximum atomic E-state index is 12.6. The lowest BCUT2D eigenvalue weighted by Crippen LogP contribution is -2.43. The van der Waals surface area contributed by atoms with E-state index < -0.39 is 30.8 Å². The Morgan fingerprint density at radius 2 is 2.20 bits per heavy atom. The molecule has 0 aromatic rings. The van der Waals surface area contributed by atoms with Crippen LogP contribution in [-0.2, 0) is 4.79 Å². The molecule has 1 saturated heterocycles. The number of nitrogens with one attached hydrogen (secondary N) is 1. The average Bonchev–Trinajstić information content (AvgIpc) is 2.47. The first-order chi connectivity index (χ1) is 6.88. The molecule has 1 aliphatic rings. The monoisotopic (exact) mass is 228 g/mol. The van der Waals surface area contributed by atoms with E-state index in [0.717, 1.165) is 4.90 Å². The van der Waals surface area contributed by atoms with Crippen LogP contribution in [-0.4, -0.2) is 42.4 Å². The highest BCUT2D eigenvalue weighted by Crippen LogP contribution is 2.25. The molecule has 1 amide bonds. The van der Waals surface area contributed by atoms with E-state index >= 15 is 0 Å². The molecule has 88 valence electrons. The van der Waals surface area contributed by atoms with Gasteiger partial charge in [-0.05, 0) is 6.42 Å². The second-order valence-corrected chi connectivity index (χ2v) is 3.42. The molecule has 15 heavy (non-hydrogen) atoms. The van der Waals surface area contributed by atoms with Crippen LogP contribution in [0.15, 0.2) is 0 Å². The fourth-order valence-electron chi connectivity index (χ4n) is 1.38. The van der Waals surface area contributed by atoms with Crippen molar-refractivity contribution < 1.29 is 22.4 Å².